The molecule has 0 aromatic carbocycles. The second-order valence-corrected chi connectivity index (χ2v) is 6.53. The quantitative estimate of drug-likeness (QED) is 0.770. The summed E-state index contributed by atoms with van der Waals surface area (Å²) in [4.78, 5) is 14.4. The molecule has 3 fully saturated rings. The molecule has 0 spiro atoms. The van der Waals surface area contributed by atoms with Gasteiger partial charge in [0.2, 0.25) is 5.91 Å². The number of aliphatic hydroxyl groups is 1. The minimum atomic E-state index is -4.19. The summed E-state index contributed by atoms with van der Waals surface area (Å²) in [5.74, 6) is -1.42. The molecular weight excluding hydrogens is 285 g/mol. The number of carbonyl (C=O) groups is 1. The van der Waals surface area contributed by atoms with Crippen LogP contribution in [0, 0.1) is 5.92 Å². The van der Waals surface area contributed by atoms with Crippen LogP contribution in [0.1, 0.15) is 38.5 Å². The summed E-state index contributed by atoms with van der Waals surface area (Å²) in [7, 11) is 0. The first-order chi connectivity index (χ1) is 9.86. The summed E-state index contributed by atoms with van der Waals surface area (Å²) in [5.41, 5.74) is 0. The van der Waals surface area contributed by atoms with E-state index in [-0.39, 0.29) is 43.5 Å². The largest absolute Gasteiger partial charge is 0.393 e. The van der Waals surface area contributed by atoms with Crippen molar-refractivity contribution in [1.82, 2.24) is 10.2 Å². The Morgan fingerprint density at radius 3 is 2.19 bits per heavy atom. The van der Waals surface area contributed by atoms with Gasteiger partial charge in [-0.1, -0.05) is 0 Å². The van der Waals surface area contributed by atoms with Gasteiger partial charge in [-0.3, -0.25) is 4.79 Å². The highest BCUT2D eigenvalue weighted by Gasteiger charge is 2.47. The number of halogens is 3. The number of hydrogen-bond acceptors (Lipinski definition) is 3. The monoisotopic (exact) mass is 306 g/mol. The van der Waals surface area contributed by atoms with E-state index in [1.54, 1.807) is 0 Å². The van der Waals surface area contributed by atoms with E-state index in [0.29, 0.717) is 12.8 Å². The number of carbonyl (C=O) groups excluding carboxylic acids is 1. The van der Waals surface area contributed by atoms with Crippen LogP contribution in [0.4, 0.5) is 13.2 Å². The van der Waals surface area contributed by atoms with Crippen LogP contribution in [0.3, 0.4) is 0 Å². The molecule has 0 aromatic rings. The minimum absolute atomic E-state index is 0.0126. The third kappa shape index (κ3) is 2.90. The molecule has 3 heterocycles. The van der Waals surface area contributed by atoms with Crippen LogP contribution in [0.5, 0.6) is 0 Å². The lowest BCUT2D eigenvalue weighted by Gasteiger charge is -2.40. The lowest BCUT2D eigenvalue weighted by molar-refractivity contribution is -0.181. The van der Waals surface area contributed by atoms with Gasteiger partial charge >= 0.3 is 6.18 Å². The van der Waals surface area contributed by atoms with E-state index in [0.717, 1.165) is 12.8 Å². The van der Waals surface area contributed by atoms with Gasteiger partial charge in [0.05, 0.1) is 18.1 Å². The van der Waals surface area contributed by atoms with E-state index in [2.05, 4.69) is 5.32 Å². The smallest absolute Gasteiger partial charge is 0.393 e. The van der Waals surface area contributed by atoms with E-state index < -0.39 is 18.1 Å². The van der Waals surface area contributed by atoms with Crippen LogP contribution < -0.4 is 5.32 Å². The molecule has 21 heavy (non-hydrogen) atoms. The average Bonchev–Trinajstić information content (AvgIpc) is 2.69. The Labute approximate surface area is 121 Å². The molecule has 3 saturated heterocycles. The van der Waals surface area contributed by atoms with Gasteiger partial charge in [-0.2, -0.15) is 13.2 Å². The molecule has 0 radical (unpaired) electrons. The second-order valence-electron chi connectivity index (χ2n) is 6.53. The zero-order valence-electron chi connectivity index (χ0n) is 11.8. The Kier molecular flexibility index (Phi) is 3.90. The van der Waals surface area contributed by atoms with Gasteiger partial charge in [0, 0.05) is 18.6 Å². The number of aliphatic hydroxyl groups excluding tert-OH is 1. The van der Waals surface area contributed by atoms with Crippen molar-refractivity contribution in [3.8, 4) is 0 Å². The van der Waals surface area contributed by atoms with Crippen molar-refractivity contribution in [3.05, 3.63) is 0 Å². The predicted octanol–water partition coefficient (Wildman–Crippen LogP) is 1.43. The highest BCUT2D eigenvalue weighted by atomic mass is 19.4. The van der Waals surface area contributed by atoms with E-state index in [1.165, 1.54) is 0 Å². The molecule has 4 unspecified atom stereocenters. The van der Waals surface area contributed by atoms with E-state index in [1.807, 2.05) is 4.90 Å². The maximum Gasteiger partial charge on any atom is 0.393 e. The molecule has 1 amide bonds. The number of alkyl halides is 3. The van der Waals surface area contributed by atoms with Crippen molar-refractivity contribution in [1.29, 1.82) is 0 Å². The number of amides is 1. The van der Waals surface area contributed by atoms with Crippen LogP contribution in [-0.4, -0.2) is 52.9 Å². The molecule has 3 aliphatic heterocycles. The summed E-state index contributed by atoms with van der Waals surface area (Å²) in [6.07, 6.45) is -1.30. The Hall–Kier alpha value is -0.820. The fraction of sp³-hybridized carbons (Fsp3) is 0.929. The first kappa shape index (κ1) is 15.1. The molecule has 7 heteroatoms. The van der Waals surface area contributed by atoms with Gasteiger partial charge in [0.1, 0.15) is 0 Å². The zero-order chi connectivity index (χ0) is 15.2. The lowest BCUT2D eigenvalue weighted by Crippen LogP contribution is -2.57. The van der Waals surface area contributed by atoms with Gasteiger partial charge in [0.15, 0.2) is 0 Å². The van der Waals surface area contributed by atoms with Crippen LogP contribution >= 0.6 is 0 Å². The molecule has 4 atom stereocenters. The Balaban J connectivity index is 1.60. The maximum atomic E-state index is 12.6. The molecule has 120 valence electrons. The van der Waals surface area contributed by atoms with Crippen molar-refractivity contribution in [2.24, 2.45) is 5.92 Å². The SMILES string of the molecule is O=C(C1CCC(C(F)(F)F)CN1)N1C2CCC1CC(O)C2. The Morgan fingerprint density at radius 1 is 1.10 bits per heavy atom. The molecule has 0 aromatic heterocycles. The fourth-order valence-electron chi connectivity index (χ4n) is 4.03. The van der Waals surface area contributed by atoms with Gasteiger partial charge < -0.3 is 15.3 Å². The van der Waals surface area contributed by atoms with Crippen LogP contribution in [0.25, 0.3) is 0 Å². The zero-order valence-corrected chi connectivity index (χ0v) is 11.8. The number of piperidine rings is 2. The molecule has 0 aliphatic carbocycles. The van der Waals surface area contributed by atoms with E-state index >= 15 is 0 Å². The predicted molar refractivity (Wildman–Crippen MR) is 69.5 cm³/mol. The van der Waals surface area contributed by atoms with Gasteiger partial charge in [-0.25, -0.2) is 0 Å². The van der Waals surface area contributed by atoms with Crippen LogP contribution in [-0.2, 0) is 4.79 Å². The maximum absolute atomic E-state index is 12.6. The van der Waals surface area contributed by atoms with Crippen LogP contribution in [0.2, 0.25) is 0 Å². The normalized spacial score (nSPS) is 40.4. The number of nitrogens with one attached hydrogen (secondary N) is 1. The Bertz CT molecular complexity index is 394. The summed E-state index contributed by atoms with van der Waals surface area (Å²) in [6, 6.07) is -0.372. The van der Waals surface area contributed by atoms with E-state index in [9.17, 15) is 23.1 Å². The summed E-state index contributed by atoms with van der Waals surface area (Å²) in [5, 5.41) is 12.5. The third-order valence-electron chi connectivity index (χ3n) is 5.14. The lowest BCUT2D eigenvalue weighted by atomic mass is 9.92. The average molecular weight is 306 g/mol. The first-order valence-corrected chi connectivity index (χ1v) is 7.66. The Morgan fingerprint density at radius 2 is 1.71 bits per heavy atom. The molecule has 4 nitrogen and oxygen atoms in total. The topological polar surface area (TPSA) is 52.6 Å². The number of fused-ring (bicyclic) bond motifs is 2. The molecular formula is C14H21F3N2O2. The molecule has 2 N–H and O–H groups in total. The standard InChI is InChI=1S/C14H21F3N2O2/c15-14(16,17)8-1-4-12(18-7-8)13(21)19-9-2-3-10(19)6-11(20)5-9/h8-12,18,20H,1-7H2. The van der Waals surface area contributed by atoms with Crippen molar-refractivity contribution in [3.63, 3.8) is 0 Å². The molecule has 3 aliphatic rings. The van der Waals surface area contributed by atoms with Gasteiger partial charge in [-0.15, -0.1) is 0 Å². The number of hydrogen-bond donors (Lipinski definition) is 2. The van der Waals surface area contributed by atoms with Crippen molar-refractivity contribution >= 4 is 5.91 Å². The third-order valence-corrected chi connectivity index (χ3v) is 5.14. The van der Waals surface area contributed by atoms with Crippen LogP contribution in [0.15, 0.2) is 0 Å². The molecule has 3 rings (SSSR count). The van der Waals surface area contributed by atoms with Crippen molar-refractivity contribution in [2.75, 3.05) is 6.54 Å². The van der Waals surface area contributed by atoms with Crippen molar-refractivity contribution in [2.45, 2.75) is 68.9 Å². The number of rotatable bonds is 1. The summed E-state index contributed by atoms with van der Waals surface area (Å²) < 4.78 is 37.9. The van der Waals surface area contributed by atoms with Crippen molar-refractivity contribution < 1.29 is 23.1 Å². The highest BCUT2D eigenvalue weighted by molar-refractivity contribution is 5.83. The summed E-state index contributed by atoms with van der Waals surface area (Å²) >= 11 is 0. The first-order valence-electron chi connectivity index (χ1n) is 7.66. The minimum Gasteiger partial charge on any atom is -0.393 e. The molecule has 2 bridgehead atoms. The van der Waals surface area contributed by atoms with E-state index in [4.69, 9.17) is 0 Å². The number of nitrogens with zero attached hydrogens (tertiary/aromatic N) is 1. The summed E-state index contributed by atoms with van der Waals surface area (Å²) in [6.45, 7) is -0.175. The van der Waals surface area contributed by atoms with Gasteiger partial charge in [-0.05, 0) is 38.5 Å². The second kappa shape index (κ2) is 5.43. The molecule has 0 saturated carbocycles. The fourth-order valence-corrected chi connectivity index (χ4v) is 4.03. The highest BCUT2D eigenvalue weighted by Crippen LogP contribution is 2.37. The van der Waals surface area contributed by atoms with Gasteiger partial charge in [0.25, 0.3) is 0 Å².